The molecular weight excluding hydrogens is 406 g/mol. The maximum Gasteiger partial charge on any atom is 0.251 e. The Morgan fingerprint density at radius 3 is 2.56 bits per heavy atom. The zero-order valence-electron chi connectivity index (χ0n) is 18.4. The Bertz CT molecular complexity index is 1150. The molecule has 7 heteroatoms. The van der Waals surface area contributed by atoms with Crippen LogP contribution in [0.3, 0.4) is 0 Å². The van der Waals surface area contributed by atoms with Gasteiger partial charge in [0.25, 0.3) is 5.91 Å². The van der Waals surface area contributed by atoms with Crippen LogP contribution in [0.15, 0.2) is 52.9 Å². The molecule has 3 aromatic rings. The van der Waals surface area contributed by atoms with Gasteiger partial charge in [-0.3, -0.25) is 14.4 Å². The summed E-state index contributed by atoms with van der Waals surface area (Å²) in [4.78, 5) is 40.3. The van der Waals surface area contributed by atoms with Gasteiger partial charge in [-0.15, -0.1) is 0 Å². The molecule has 0 aliphatic carbocycles. The van der Waals surface area contributed by atoms with Crippen LogP contribution in [0.4, 0.5) is 5.69 Å². The van der Waals surface area contributed by atoms with Gasteiger partial charge in [-0.25, -0.2) is 0 Å². The van der Waals surface area contributed by atoms with Crippen LogP contribution in [-0.4, -0.2) is 42.8 Å². The van der Waals surface area contributed by atoms with E-state index in [1.54, 1.807) is 41.1 Å². The molecule has 1 N–H and O–H groups in total. The highest BCUT2D eigenvalue weighted by Crippen LogP contribution is 2.27. The molecular formula is C25H27N3O4. The fraction of sp³-hybridized carbons (Fsp3) is 0.320. The molecule has 1 aliphatic rings. The minimum Gasteiger partial charge on any atom is -0.461 e. The van der Waals surface area contributed by atoms with Crippen LogP contribution < -0.4 is 10.2 Å². The second-order valence-electron chi connectivity index (χ2n) is 7.98. The van der Waals surface area contributed by atoms with E-state index in [1.807, 2.05) is 31.2 Å². The van der Waals surface area contributed by atoms with E-state index < -0.39 is 0 Å². The van der Waals surface area contributed by atoms with E-state index in [4.69, 9.17) is 4.42 Å². The van der Waals surface area contributed by atoms with E-state index in [9.17, 15) is 14.4 Å². The lowest BCUT2D eigenvalue weighted by atomic mass is 10.1. The average Bonchev–Trinajstić information content (AvgIpc) is 3.40. The van der Waals surface area contributed by atoms with Crippen molar-refractivity contribution >= 4 is 34.4 Å². The number of fused-ring (bicyclic) bond motifs is 1. The van der Waals surface area contributed by atoms with E-state index in [0.717, 1.165) is 40.8 Å². The van der Waals surface area contributed by atoms with E-state index in [0.29, 0.717) is 25.1 Å². The second-order valence-corrected chi connectivity index (χ2v) is 7.98. The van der Waals surface area contributed by atoms with E-state index in [1.165, 1.54) is 0 Å². The van der Waals surface area contributed by atoms with Gasteiger partial charge in [0.05, 0.1) is 6.54 Å². The summed E-state index contributed by atoms with van der Waals surface area (Å²) in [5.41, 5.74) is 3.05. The van der Waals surface area contributed by atoms with Gasteiger partial charge in [0.1, 0.15) is 11.3 Å². The van der Waals surface area contributed by atoms with Crippen molar-refractivity contribution in [1.29, 1.82) is 0 Å². The standard InChI is InChI=1S/C25H27N3O4/c1-3-21-20(19-7-4-5-8-22(19)32-21)16-27(2)24(30)15-26-25(31)17-10-12-18(13-11-17)28-14-6-9-23(28)29/h4-5,7-8,10-13H,3,6,9,14-16H2,1-2H3,(H,26,31). The van der Waals surface area contributed by atoms with Gasteiger partial charge >= 0.3 is 0 Å². The van der Waals surface area contributed by atoms with Crippen LogP contribution >= 0.6 is 0 Å². The number of amides is 3. The molecule has 0 radical (unpaired) electrons. The molecule has 0 bridgehead atoms. The Morgan fingerprint density at radius 2 is 1.88 bits per heavy atom. The third-order valence-corrected chi connectivity index (χ3v) is 5.84. The molecule has 0 saturated carbocycles. The predicted octanol–water partition coefficient (Wildman–Crippen LogP) is 3.51. The summed E-state index contributed by atoms with van der Waals surface area (Å²) < 4.78 is 5.91. The van der Waals surface area contributed by atoms with Crippen molar-refractivity contribution in [1.82, 2.24) is 10.2 Å². The molecule has 7 nitrogen and oxygen atoms in total. The van der Waals surface area contributed by atoms with E-state index in [-0.39, 0.29) is 24.3 Å². The summed E-state index contributed by atoms with van der Waals surface area (Å²) in [7, 11) is 1.72. The van der Waals surface area contributed by atoms with Crippen LogP contribution in [0.1, 0.15) is 41.4 Å². The molecule has 32 heavy (non-hydrogen) atoms. The van der Waals surface area contributed by atoms with Crippen LogP contribution in [-0.2, 0) is 22.6 Å². The summed E-state index contributed by atoms with van der Waals surface area (Å²) in [5.74, 6) is 0.456. The molecule has 2 aromatic carbocycles. The number of furan rings is 1. The molecule has 1 saturated heterocycles. The molecule has 1 aliphatic heterocycles. The van der Waals surface area contributed by atoms with E-state index >= 15 is 0 Å². The fourth-order valence-electron chi connectivity index (χ4n) is 4.04. The van der Waals surface area contributed by atoms with Gasteiger partial charge in [0.2, 0.25) is 11.8 Å². The highest BCUT2D eigenvalue weighted by molar-refractivity contribution is 5.98. The van der Waals surface area contributed by atoms with Gasteiger partial charge in [-0.1, -0.05) is 25.1 Å². The molecule has 2 heterocycles. The van der Waals surface area contributed by atoms with Crippen LogP contribution in [0.25, 0.3) is 11.0 Å². The number of likely N-dealkylation sites (N-methyl/N-ethyl adjacent to an activating group) is 1. The lowest BCUT2D eigenvalue weighted by molar-refractivity contribution is -0.129. The second kappa shape index (κ2) is 9.26. The first-order chi connectivity index (χ1) is 15.5. The Balaban J connectivity index is 1.35. The molecule has 1 fully saturated rings. The minimum atomic E-state index is -0.325. The Kier molecular flexibility index (Phi) is 6.25. The first-order valence-electron chi connectivity index (χ1n) is 10.9. The number of hydrogen-bond donors (Lipinski definition) is 1. The molecule has 0 unspecified atom stereocenters. The van der Waals surface area contributed by atoms with Gasteiger partial charge < -0.3 is 19.5 Å². The maximum atomic E-state index is 12.6. The van der Waals surface area contributed by atoms with Crippen LogP contribution in [0.2, 0.25) is 0 Å². The van der Waals surface area contributed by atoms with E-state index in [2.05, 4.69) is 5.32 Å². The summed E-state index contributed by atoms with van der Waals surface area (Å²) in [6.07, 6.45) is 2.15. The lowest BCUT2D eigenvalue weighted by Crippen LogP contribution is -2.37. The summed E-state index contributed by atoms with van der Waals surface area (Å²) >= 11 is 0. The zero-order chi connectivity index (χ0) is 22.7. The number of nitrogens with zero attached hydrogens (tertiary/aromatic N) is 2. The van der Waals surface area contributed by atoms with Gasteiger partial charge in [0, 0.05) is 55.2 Å². The lowest BCUT2D eigenvalue weighted by Gasteiger charge is -2.18. The molecule has 166 valence electrons. The Morgan fingerprint density at radius 1 is 1.12 bits per heavy atom. The summed E-state index contributed by atoms with van der Waals surface area (Å²) in [6.45, 7) is 3.04. The largest absolute Gasteiger partial charge is 0.461 e. The normalized spacial score (nSPS) is 13.6. The van der Waals surface area contributed by atoms with Crippen molar-refractivity contribution in [2.75, 3.05) is 25.0 Å². The smallest absolute Gasteiger partial charge is 0.251 e. The van der Waals surface area contributed by atoms with Crippen molar-refractivity contribution in [2.45, 2.75) is 32.7 Å². The first kappa shape index (κ1) is 21.6. The highest BCUT2D eigenvalue weighted by atomic mass is 16.3. The third-order valence-electron chi connectivity index (χ3n) is 5.84. The number of carbonyl (C=O) groups is 3. The van der Waals surface area contributed by atoms with Gasteiger partial charge in [-0.05, 0) is 36.8 Å². The van der Waals surface area contributed by atoms with Gasteiger partial charge in [0.15, 0.2) is 0 Å². The number of hydrogen-bond acceptors (Lipinski definition) is 4. The molecule has 0 spiro atoms. The average molecular weight is 434 g/mol. The number of nitrogens with one attached hydrogen (secondary N) is 1. The number of carbonyl (C=O) groups excluding carboxylic acids is 3. The van der Waals surface area contributed by atoms with Crippen LogP contribution in [0.5, 0.6) is 0 Å². The van der Waals surface area contributed by atoms with Crippen molar-refractivity contribution in [3.8, 4) is 0 Å². The SMILES string of the molecule is CCc1oc2ccccc2c1CN(C)C(=O)CNC(=O)c1ccc(N2CCCC2=O)cc1. The van der Waals surface area contributed by atoms with Crippen molar-refractivity contribution in [3.63, 3.8) is 0 Å². The maximum absolute atomic E-state index is 12.6. The molecule has 3 amide bonds. The zero-order valence-corrected chi connectivity index (χ0v) is 18.4. The quantitative estimate of drug-likeness (QED) is 0.618. The number of aryl methyl sites for hydroxylation is 1. The molecule has 0 atom stereocenters. The third kappa shape index (κ3) is 4.37. The fourth-order valence-corrected chi connectivity index (χ4v) is 4.04. The Hall–Kier alpha value is -3.61. The van der Waals surface area contributed by atoms with Crippen molar-refractivity contribution in [3.05, 3.63) is 65.4 Å². The Labute approximate surface area is 187 Å². The predicted molar refractivity (Wildman–Crippen MR) is 122 cm³/mol. The number of benzene rings is 2. The number of rotatable bonds is 7. The first-order valence-corrected chi connectivity index (χ1v) is 10.9. The number of para-hydroxylation sites is 1. The van der Waals surface area contributed by atoms with Crippen LogP contribution in [0, 0.1) is 0 Å². The minimum absolute atomic E-state index is 0.0983. The summed E-state index contributed by atoms with van der Waals surface area (Å²) in [6, 6.07) is 14.7. The topological polar surface area (TPSA) is 82.9 Å². The molecule has 4 rings (SSSR count). The number of anilines is 1. The monoisotopic (exact) mass is 433 g/mol. The molecule has 1 aromatic heterocycles. The van der Waals surface area contributed by atoms with Gasteiger partial charge in [-0.2, -0.15) is 0 Å². The van der Waals surface area contributed by atoms with Crippen molar-refractivity contribution < 1.29 is 18.8 Å². The summed E-state index contributed by atoms with van der Waals surface area (Å²) in [5, 5.41) is 3.69. The highest BCUT2D eigenvalue weighted by Gasteiger charge is 2.22. The van der Waals surface area contributed by atoms with Crippen molar-refractivity contribution in [2.24, 2.45) is 0 Å².